The molecule has 0 bridgehead atoms. The third-order valence-corrected chi connectivity index (χ3v) is 3.47. The SMILES string of the molecule is COc1ccc(NC(=O)NCC(O)c2c(F)cccc2F)c(C)c1. The first-order valence-corrected chi connectivity index (χ1v) is 7.24. The van der Waals surface area contributed by atoms with E-state index in [1.165, 1.54) is 13.2 Å². The largest absolute Gasteiger partial charge is 0.497 e. The minimum atomic E-state index is -1.49. The Morgan fingerprint density at radius 1 is 1.25 bits per heavy atom. The van der Waals surface area contributed by atoms with Crippen molar-refractivity contribution < 1.29 is 23.4 Å². The van der Waals surface area contributed by atoms with Crippen LogP contribution in [0.3, 0.4) is 0 Å². The second-order valence-electron chi connectivity index (χ2n) is 5.17. The Hall–Kier alpha value is -2.67. The summed E-state index contributed by atoms with van der Waals surface area (Å²) < 4.78 is 32.2. The molecular weight excluding hydrogens is 318 g/mol. The Balaban J connectivity index is 1.96. The normalized spacial score (nSPS) is 11.7. The highest BCUT2D eigenvalue weighted by Crippen LogP contribution is 2.22. The zero-order valence-corrected chi connectivity index (χ0v) is 13.3. The molecule has 0 fully saturated rings. The molecule has 0 saturated heterocycles. The van der Waals surface area contributed by atoms with Crippen LogP contribution in [0.1, 0.15) is 17.2 Å². The molecule has 1 unspecified atom stereocenters. The van der Waals surface area contributed by atoms with Gasteiger partial charge in [-0.3, -0.25) is 0 Å². The van der Waals surface area contributed by atoms with Crippen molar-refractivity contribution in [1.82, 2.24) is 5.32 Å². The van der Waals surface area contributed by atoms with Gasteiger partial charge in [-0.1, -0.05) is 6.07 Å². The predicted octanol–water partition coefficient (Wildman–Crippen LogP) is 3.14. The van der Waals surface area contributed by atoms with E-state index < -0.39 is 29.3 Å². The molecule has 2 rings (SSSR count). The van der Waals surface area contributed by atoms with Gasteiger partial charge < -0.3 is 20.5 Å². The van der Waals surface area contributed by atoms with Gasteiger partial charge in [0.15, 0.2) is 0 Å². The summed E-state index contributed by atoms with van der Waals surface area (Å²) in [6.45, 7) is 1.46. The van der Waals surface area contributed by atoms with Gasteiger partial charge in [0.05, 0.1) is 12.7 Å². The van der Waals surface area contributed by atoms with Crippen LogP contribution >= 0.6 is 0 Å². The number of hydrogen-bond donors (Lipinski definition) is 3. The first-order chi connectivity index (χ1) is 11.4. The minimum Gasteiger partial charge on any atom is -0.497 e. The van der Waals surface area contributed by atoms with Gasteiger partial charge in [0.1, 0.15) is 23.5 Å². The Bertz CT molecular complexity index is 718. The Morgan fingerprint density at radius 3 is 2.50 bits per heavy atom. The van der Waals surface area contributed by atoms with Crippen molar-refractivity contribution in [2.24, 2.45) is 0 Å². The molecule has 128 valence electrons. The van der Waals surface area contributed by atoms with Crippen LogP contribution in [0.5, 0.6) is 5.75 Å². The Labute approximate surface area is 138 Å². The van der Waals surface area contributed by atoms with Gasteiger partial charge >= 0.3 is 6.03 Å². The van der Waals surface area contributed by atoms with Crippen LogP contribution in [0.4, 0.5) is 19.3 Å². The molecule has 5 nitrogen and oxygen atoms in total. The number of aryl methyl sites for hydroxylation is 1. The number of halogens is 2. The summed E-state index contributed by atoms with van der Waals surface area (Å²) in [6.07, 6.45) is -1.49. The molecule has 0 aliphatic heterocycles. The third-order valence-electron chi connectivity index (χ3n) is 3.47. The molecular formula is C17H18F2N2O3. The van der Waals surface area contributed by atoms with Crippen LogP contribution in [0.15, 0.2) is 36.4 Å². The standard InChI is InChI=1S/C17H18F2N2O3/c1-10-8-11(24-2)6-7-14(10)21-17(23)20-9-15(22)16-12(18)4-3-5-13(16)19/h3-8,15,22H,9H2,1-2H3,(H2,20,21,23). The maximum Gasteiger partial charge on any atom is 0.319 e. The number of rotatable bonds is 5. The fourth-order valence-corrected chi connectivity index (χ4v) is 2.19. The van der Waals surface area contributed by atoms with Gasteiger partial charge in [-0.2, -0.15) is 0 Å². The summed E-state index contributed by atoms with van der Waals surface area (Å²) in [7, 11) is 1.54. The second kappa shape index (κ2) is 7.74. The zero-order chi connectivity index (χ0) is 17.7. The number of carbonyl (C=O) groups excluding carboxylic acids is 1. The highest BCUT2D eigenvalue weighted by molar-refractivity contribution is 5.90. The van der Waals surface area contributed by atoms with E-state index in [1.54, 1.807) is 25.1 Å². The maximum absolute atomic E-state index is 13.6. The molecule has 1 atom stereocenters. The lowest BCUT2D eigenvalue weighted by Crippen LogP contribution is -2.33. The summed E-state index contributed by atoms with van der Waals surface area (Å²) in [5.41, 5.74) is 0.864. The molecule has 0 spiro atoms. The van der Waals surface area contributed by atoms with Crippen LogP contribution in [-0.2, 0) is 0 Å². The molecule has 2 aromatic carbocycles. The Kier molecular flexibility index (Phi) is 5.70. The lowest BCUT2D eigenvalue weighted by molar-refractivity contribution is 0.166. The highest BCUT2D eigenvalue weighted by Gasteiger charge is 2.18. The van der Waals surface area contributed by atoms with Crippen LogP contribution in [-0.4, -0.2) is 24.8 Å². The number of hydrogen-bond acceptors (Lipinski definition) is 3. The van der Waals surface area contributed by atoms with E-state index >= 15 is 0 Å². The molecule has 0 aromatic heterocycles. The molecule has 2 amide bonds. The van der Waals surface area contributed by atoms with Gasteiger partial charge in [0, 0.05) is 12.2 Å². The van der Waals surface area contributed by atoms with Crippen molar-refractivity contribution >= 4 is 11.7 Å². The molecule has 0 heterocycles. The quantitative estimate of drug-likeness (QED) is 0.785. The minimum absolute atomic E-state index is 0.334. The first kappa shape index (κ1) is 17.7. The fraction of sp³-hybridized carbons (Fsp3) is 0.235. The van der Waals surface area contributed by atoms with E-state index in [9.17, 15) is 18.7 Å². The van der Waals surface area contributed by atoms with E-state index in [4.69, 9.17) is 4.74 Å². The van der Waals surface area contributed by atoms with Gasteiger partial charge in [0.25, 0.3) is 0 Å². The monoisotopic (exact) mass is 336 g/mol. The summed E-state index contributed by atoms with van der Waals surface area (Å²) in [6, 6.07) is 7.80. The number of nitrogens with one attached hydrogen (secondary N) is 2. The fourth-order valence-electron chi connectivity index (χ4n) is 2.19. The van der Waals surface area contributed by atoms with Crippen LogP contribution in [0.2, 0.25) is 0 Å². The summed E-state index contributed by atoms with van der Waals surface area (Å²) in [5, 5.41) is 14.8. The van der Waals surface area contributed by atoms with Crippen LogP contribution < -0.4 is 15.4 Å². The smallest absolute Gasteiger partial charge is 0.319 e. The number of urea groups is 1. The number of benzene rings is 2. The van der Waals surface area contributed by atoms with E-state index in [0.717, 1.165) is 17.7 Å². The number of amides is 2. The molecule has 0 aliphatic rings. The van der Waals surface area contributed by atoms with Gasteiger partial charge in [-0.25, -0.2) is 13.6 Å². The topological polar surface area (TPSA) is 70.6 Å². The number of methoxy groups -OCH3 is 1. The van der Waals surface area contributed by atoms with Crippen molar-refractivity contribution in [2.45, 2.75) is 13.0 Å². The number of aliphatic hydroxyl groups excluding tert-OH is 1. The number of ether oxygens (including phenoxy) is 1. The average Bonchev–Trinajstić information content (AvgIpc) is 2.54. The number of aliphatic hydroxyl groups is 1. The average molecular weight is 336 g/mol. The number of anilines is 1. The van der Waals surface area contributed by atoms with Crippen molar-refractivity contribution in [3.63, 3.8) is 0 Å². The van der Waals surface area contributed by atoms with Crippen molar-refractivity contribution in [2.75, 3.05) is 19.0 Å². The van der Waals surface area contributed by atoms with E-state index in [-0.39, 0.29) is 6.54 Å². The third kappa shape index (κ3) is 4.20. The molecule has 2 aromatic rings. The maximum atomic E-state index is 13.6. The molecule has 3 N–H and O–H groups in total. The summed E-state index contributed by atoms with van der Waals surface area (Å²) >= 11 is 0. The van der Waals surface area contributed by atoms with Crippen molar-refractivity contribution in [3.8, 4) is 5.75 Å². The van der Waals surface area contributed by atoms with Crippen molar-refractivity contribution in [1.29, 1.82) is 0 Å². The first-order valence-electron chi connectivity index (χ1n) is 7.24. The molecule has 7 heteroatoms. The van der Waals surface area contributed by atoms with Crippen LogP contribution in [0, 0.1) is 18.6 Å². The van der Waals surface area contributed by atoms with Crippen LogP contribution in [0.25, 0.3) is 0 Å². The highest BCUT2D eigenvalue weighted by atomic mass is 19.1. The van der Waals surface area contributed by atoms with Gasteiger partial charge in [0.2, 0.25) is 0 Å². The van der Waals surface area contributed by atoms with Gasteiger partial charge in [-0.05, 0) is 42.8 Å². The van der Waals surface area contributed by atoms with Gasteiger partial charge in [-0.15, -0.1) is 0 Å². The van der Waals surface area contributed by atoms with Crippen molar-refractivity contribution in [3.05, 3.63) is 59.2 Å². The second-order valence-corrected chi connectivity index (χ2v) is 5.17. The lowest BCUT2D eigenvalue weighted by Gasteiger charge is -2.15. The predicted molar refractivity (Wildman–Crippen MR) is 86.1 cm³/mol. The Morgan fingerprint density at radius 2 is 1.92 bits per heavy atom. The number of carbonyl (C=O) groups is 1. The summed E-state index contributed by atoms with van der Waals surface area (Å²) in [4.78, 5) is 11.9. The molecule has 24 heavy (non-hydrogen) atoms. The summed E-state index contributed by atoms with van der Waals surface area (Å²) in [5.74, 6) is -1.07. The van der Waals surface area contributed by atoms with E-state index in [0.29, 0.717) is 11.4 Å². The van der Waals surface area contributed by atoms with E-state index in [2.05, 4.69) is 10.6 Å². The molecule has 0 saturated carbocycles. The zero-order valence-electron chi connectivity index (χ0n) is 13.3. The molecule has 0 aliphatic carbocycles. The lowest BCUT2D eigenvalue weighted by atomic mass is 10.1. The van der Waals surface area contributed by atoms with E-state index in [1.807, 2.05) is 0 Å². The molecule has 0 radical (unpaired) electrons.